The van der Waals surface area contributed by atoms with Crippen LogP contribution in [0.25, 0.3) is 11.5 Å². The van der Waals surface area contributed by atoms with E-state index in [9.17, 15) is 0 Å². The molecule has 0 saturated carbocycles. The molecule has 1 fully saturated rings. The van der Waals surface area contributed by atoms with Gasteiger partial charge in [0.1, 0.15) is 0 Å². The Kier molecular flexibility index (Phi) is 4.04. The molecule has 1 saturated heterocycles. The van der Waals surface area contributed by atoms with Gasteiger partial charge in [-0.2, -0.15) is 0 Å². The lowest BCUT2D eigenvalue weighted by Crippen LogP contribution is -2.23. The minimum absolute atomic E-state index is 0.171. The van der Waals surface area contributed by atoms with Crippen LogP contribution in [0.15, 0.2) is 47.3 Å². The van der Waals surface area contributed by atoms with Crippen LogP contribution in [0.2, 0.25) is 0 Å². The second-order valence-corrected chi connectivity index (χ2v) is 6.12. The molecule has 3 aromatic heterocycles. The third-order valence-corrected chi connectivity index (χ3v) is 4.36. The van der Waals surface area contributed by atoms with Crippen molar-refractivity contribution in [1.82, 2.24) is 25.1 Å². The van der Waals surface area contributed by atoms with E-state index in [1.54, 1.807) is 12.4 Å². The molecule has 0 N–H and O–H groups in total. The molecule has 0 aliphatic carbocycles. The fourth-order valence-electron chi connectivity index (χ4n) is 3.10. The normalized spacial score (nSPS) is 18.1. The molecule has 4 heterocycles. The van der Waals surface area contributed by atoms with Crippen LogP contribution >= 0.6 is 0 Å². The third-order valence-electron chi connectivity index (χ3n) is 4.36. The van der Waals surface area contributed by atoms with Crippen LogP contribution in [0, 0.1) is 6.92 Å². The molecular formula is C18H19N5O. The van der Waals surface area contributed by atoms with Gasteiger partial charge in [0.25, 0.3) is 0 Å². The first-order valence-electron chi connectivity index (χ1n) is 8.19. The average molecular weight is 321 g/mol. The molecule has 1 atom stereocenters. The molecule has 4 rings (SSSR count). The first kappa shape index (κ1) is 15.0. The second-order valence-electron chi connectivity index (χ2n) is 6.12. The number of pyridine rings is 2. The molecule has 3 aromatic rings. The zero-order chi connectivity index (χ0) is 16.4. The minimum Gasteiger partial charge on any atom is -0.419 e. The SMILES string of the molecule is Cc1ccc(-c2nnc(C3CCCN3Cc3cccnc3)o2)cn1. The number of likely N-dealkylation sites (tertiary alicyclic amines) is 1. The van der Waals surface area contributed by atoms with Crippen molar-refractivity contribution in [3.05, 3.63) is 60.0 Å². The van der Waals surface area contributed by atoms with E-state index >= 15 is 0 Å². The molecule has 1 unspecified atom stereocenters. The summed E-state index contributed by atoms with van der Waals surface area (Å²) in [5.41, 5.74) is 3.03. The number of nitrogens with zero attached hydrogens (tertiary/aromatic N) is 5. The maximum atomic E-state index is 5.94. The Morgan fingerprint density at radius 2 is 2.17 bits per heavy atom. The highest BCUT2D eigenvalue weighted by Gasteiger charge is 2.30. The predicted octanol–water partition coefficient (Wildman–Crippen LogP) is 3.17. The number of hydrogen-bond donors (Lipinski definition) is 0. The van der Waals surface area contributed by atoms with E-state index in [0.29, 0.717) is 11.8 Å². The Bertz CT molecular complexity index is 800. The Morgan fingerprint density at radius 1 is 1.21 bits per heavy atom. The molecule has 0 radical (unpaired) electrons. The summed E-state index contributed by atoms with van der Waals surface area (Å²) in [7, 11) is 0. The van der Waals surface area contributed by atoms with Gasteiger partial charge in [-0.05, 0) is 50.1 Å². The quantitative estimate of drug-likeness (QED) is 0.735. The standard InChI is InChI=1S/C18H19N5O/c1-13-6-7-15(11-20-13)17-21-22-18(24-17)16-5-3-9-23(16)12-14-4-2-8-19-10-14/h2,4,6-8,10-11,16H,3,5,9,12H2,1H3. The van der Waals surface area contributed by atoms with Crippen molar-refractivity contribution in [2.45, 2.75) is 32.4 Å². The van der Waals surface area contributed by atoms with Crippen molar-refractivity contribution >= 4 is 0 Å². The molecule has 0 bridgehead atoms. The van der Waals surface area contributed by atoms with Crippen LogP contribution in [0.5, 0.6) is 0 Å². The van der Waals surface area contributed by atoms with Crippen molar-refractivity contribution in [3.63, 3.8) is 0 Å². The topological polar surface area (TPSA) is 67.9 Å². The Balaban J connectivity index is 1.53. The summed E-state index contributed by atoms with van der Waals surface area (Å²) >= 11 is 0. The molecule has 0 aromatic carbocycles. The summed E-state index contributed by atoms with van der Waals surface area (Å²) in [6.07, 6.45) is 7.65. The molecule has 1 aliphatic rings. The second kappa shape index (κ2) is 6.49. The van der Waals surface area contributed by atoms with Crippen LogP contribution in [-0.2, 0) is 6.54 Å². The molecular weight excluding hydrogens is 302 g/mol. The Hall–Kier alpha value is -2.60. The maximum Gasteiger partial charge on any atom is 0.249 e. The van der Waals surface area contributed by atoms with Crippen LogP contribution in [0.3, 0.4) is 0 Å². The summed E-state index contributed by atoms with van der Waals surface area (Å²) in [6, 6.07) is 8.14. The molecule has 122 valence electrons. The van der Waals surface area contributed by atoms with Crippen LogP contribution in [0.1, 0.15) is 36.0 Å². The first-order valence-corrected chi connectivity index (χ1v) is 8.19. The molecule has 0 spiro atoms. The van der Waals surface area contributed by atoms with Gasteiger partial charge in [0.2, 0.25) is 11.8 Å². The van der Waals surface area contributed by atoms with Gasteiger partial charge in [0.05, 0.1) is 11.6 Å². The summed E-state index contributed by atoms with van der Waals surface area (Å²) in [5, 5.41) is 8.49. The van der Waals surface area contributed by atoms with E-state index in [2.05, 4.69) is 31.1 Å². The number of rotatable bonds is 4. The van der Waals surface area contributed by atoms with Crippen LogP contribution in [0.4, 0.5) is 0 Å². The first-order chi connectivity index (χ1) is 11.8. The van der Waals surface area contributed by atoms with E-state index in [1.807, 2.05) is 31.3 Å². The third kappa shape index (κ3) is 3.05. The van der Waals surface area contributed by atoms with Crippen molar-refractivity contribution in [3.8, 4) is 11.5 Å². The fourth-order valence-corrected chi connectivity index (χ4v) is 3.10. The van der Waals surface area contributed by atoms with Gasteiger partial charge >= 0.3 is 0 Å². The Morgan fingerprint density at radius 3 is 2.96 bits per heavy atom. The molecule has 0 amide bonds. The highest BCUT2D eigenvalue weighted by molar-refractivity contribution is 5.50. The van der Waals surface area contributed by atoms with E-state index in [1.165, 1.54) is 5.56 Å². The zero-order valence-electron chi connectivity index (χ0n) is 13.6. The summed E-state index contributed by atoms with van der Waals surface area (Å²) in [5.74, 6) is 1.22. The number of aromatic nitrogens is 4. The van der Waals surface area contributed by atoms with Gasteiger partial charge in [-0.25, -0.2) is 0 Å². The monoisotopic (exact) mass is 321 g/mol. The van der Waals surface area contributed by atoms with Gasteiger partial charge in [-0.15, -0.1) is 10.2 Å². The van der Waals surface area contributed by atoms with Crippen molar-refractivity contribution < 1.29 is 4.42 Å². The van der Waals surface area contributed by atoms with Gasteiger partial charge in [-0.1, -0.05) is 6.07 Å². The highest BCUT2D eigenvalue weighted by Crippen LogP contribution is 2.33. The minimum atomic E-state index is 0.171. The van der Waals surface area contributed by atoms with E-state index in [0.717, 1.165) is 37.2 Å². The lowest BCUT2D eigenvalue weighted by Gasteiger charge is -2.21. The summed E-state index contributed by atoms with van der Waals surface area (Å²) in [4.78, 5) is 10.9. The molecule has 1 aliphatic heterocycles. The average Bonchev–Trinajstić information content (AvgIpc) is 3.25. The fraction of sp³-hybridized carbons (Fsp3) is 0.333. The molecule has 6 heteroatoms. The lowest BCUT2D eigenvalue weighted by molar-refractivity contribution is 0.215. The number of aryl methyl sites for hydroxylation is 1. The van der Waals surface area contributed by atoms with Crippen molar-refractivity contribution in [2.75, 3.05) is 6.54 Å². The zero-order valence-corrected chi connectivity index (χ0v) is 13.6. The highest BCUT2D eigenvalue weighted by atomic mass is 16.4. The summed E-state index contributed by atoms with van der Waals surface area (Å²) in [6.45, 7) is 3.84. The Labute approximate surface area is 140 Å². The van der Waals surface area contributed by atoms with E-state index < -0.39 is 0 Å². The van der Waals surface area contributed by atoms with Crippen LogP contribution in [-0.4, -0.2) is 31.6 Å². The lowest BCUT2D eigenvalue weighted by atomic mass is 10.2. The predicted molar refractivity (Wildman–Crippen MR) is 88.9 cm³/mol. The molecule has 24 heavy (non-hydrogen) atoms. The van der Waals surface area contributed by atoms with Crippen LogP contribution < -0.4 is 0 Å². The van der Waals surface area contributed by atoms with E-state index in [-0.39, 0.29) is 6.04 Å². The van der Waals surface area contributed by atoms with Gasteiger partial charge in [-0.3, -0.25) is 14.9 Å². The summed E-state index contributed by atoms with van der Waals surface area (Å²) < 4.78 is 5.94. The van der Waals surface area contributed by atoms with Gasteiger partial charge in [0.15, 0.2) is 0 Å². The van der Waals surface area contributed by atoms with E-state index in [4.69, 9.17) is 4.42 Å². The van der Waals surface area contributed by atoms with Gasteiger partial charge in [0, 0.05) is 30.8 Å². The largest absolute Gasteiger partial charge is 0.419 e. The van der Waals surface area contributed by atoms with Crippen molar-refractivity contribution in [2.24, 2.45) is 0 Å². The smallest absolute Gasteiger partial charge is 0.249 e. The van der Waals surface area contributed by atoms with Gasteiger partial charge < -0.3 is 4.42 Å². The van der Waals surface area contributed by atoms with Crippen molar-refractivity contribution in [1.29, 1.82) is 0 Å². The maximum absolute atomic E-state index is 5.94. The number of hydrogen-bond acceptors (Lipinski definition) is 6. The molecule has 6 nitrogen and oxygen atoms in total.